The molecule has 0 saturated carbocycles. The van der Waals surface area contributed by atoms with Crippen LogP contribution in [0.2, 0.25) is 0 Å². The zero-order valence-corrected chi connectivity index (χ0v) is 7.39. The van der Waals surface area contributed by atoms with Crippen LogP contribution in [0, 0.1) is 5.82 Å². The monoisotopic (exact) mass is 184 g/mol. The molecule has 0 N–H and O–H groups in total. The van der Waals surface area contributed by atoms with Crippen molar-refractivity contribution >= 4 is 11.6 Å². The van der Waals surface area contributed by atoms with E-state index >= 15 is 0 Å². The molecule has 64 valence electrons. The van der Waals surface area contributed by atoms with Crippen LogP contribution in [0.15, 0.2) is 36.4 Å². The third kappa shape index (κ3) is 3.05. The van der Waals surface area contributed by atoms with Gasteiger partial charge in [0, 0.05) is 5.88 Å². The lowest BCUT2D eigenvalue weighted by Gasteiger charge is -1.94. The van der Waals surface area contributed by atoms with E-state index in [9.17, 15) is 4.39 Å². The van der Waals surface area contributed by atoms with E-state index in [0.29, 0.717) is 5.88 Å². The van der Waals surface area contributed by atoms with E-state index in [1.165, 1.54) is 12.1 Å². The van der Waals surface area contributed by atoms with Gasteiger partial charge in [-0.15, -0.1) is 11.6 Å². The van der Waals surface area contributed by atoms with Crippen LogP contribution in [0.4, 0.5) is 4.39 Å². The predicted octanol–water partition coefficient (Wildman–Crippen LogP) is 3.16. The minimum absolute atomic E-state index is 0.188. The first-order chi connectivity index (χ1) is 5.83. The summed E-state index contributed by atoms with van der Waals surface area (Å²) in [6, 6.07) is 6.56. The van der Waals surface area contributed by atoms with Crippen molar-refractivity contribution in [2.45, 2.75) is 6.42 Å². The molecule has 0 heterocycles. The maximum Gasteiger partial charge on any atom is 0.123 e. The zero-order chi connectivity index (χ0) is 8.81. The van der Waals surface area contributed by atoms with Crippen molar-refractivity contribution in [3.05, 3.63) is 47.8 Å². The van der Waals surface area contributed by atoms with Gasteiger partial charge in [-0.3, -0.25) is 0 Å². The Kier molecular flexibility index (Phi) is 3.81. The summed E-state index contributed by atoms with van der Waals surface area (Å²) in [4.78, 5) is 0. The van der Waals surface area contributed by atoms with E-state index in [1.54, 1.807) is 6.07 Å². The molecule has 0 radical (unpaired) electrons. The molecule has 0 bridgehead atoms. The summed E-state index contributed by atoms with van der Waals surface area (Å²) in [5, 5.41) is 0. The molecule has 0 aliphatic carbocycles. The Morgan fingerprint density at radius 2 is 2.17 bits per heavy atom. The third-order valence-corrected chi connectivity index (χ3v) is 1.68. The number of halogens is 2. The van der Waals surface area contributed by atoms with Crippen LogP contribution >= 0.6 is 11.6 Å². The average Bonchev–Trinajstić information content (AvgIpc) is 2.05. The molecule has 1 rings (SSSR count). The topological polar surface area (TPSA) is 0 Å². The number of hydrogen-bond donors (Lipinski definition) is 0. The number of alkyl halides is 1. The second-order valence-electron chi connectivity index (χ2n) is 2.46. The van der Waals surface area contributed by atoms with Gasteiger partial charge in [-0.1, -0.05) is 24.3 Å². The Morgan fingerprint density at radius 3 is 2.83 bits per heavy atom. The molecule has 0 aromatic heterocycles. The molecule has 0 aliphatic rings. The van der Waals surface area contributed by atoms with Gasteiger partial charge in [-0.2, -0.15) is 0 Å². The molecule has 1 aromatic rings. The zero-order valence-electron chi connectivity index (χ0n) is 6.63. The lowest BCUT2D eigenvalue weighted by molar-refractivity contribution is 0.626. The van der Waals surface area contributed by atoms with Crippen molar-refractivity contribution in [2.24, 2.45) is 0 Å². The first-order valence-corrected chi connectivity index (χ1v) is 4.32. The van der Waals surface area contributed by atoms with Crippen LogP contribution in [0.25, 0.3) is 0 Å². The third-order valence-electron chi connectivity index (χ3n) is 1.50. The molecule has 0 nitrogen and oxygen atoms in total. The maximum atomic E-state index is 12.6. The quantitative estimate of drug-likeness (QED) is 0.500. The van der Waals surface area contributed by atoms with Gasteiger partial charge < -0.3 is 0 Å². The molecule has 0 amide bonds. The fourth-order valence-electron chi connectivity index (χ4n) is 0.946. The highest BCUT2D eigenvalue weighted by molar-refractivity contribution is 6.18. The SMILES string of the molecule is Fc1cccc(C/C=C/CCl)c1. The standard InChI is InChI=1S/C10H10ClF/c11-7-2-1-4-9-5-3-6-10(12)8-9/h1-3,5-6,8H,4,7H2/b2-1+. The van der Waals surface area contributed by atoms with E-state index < -0.39 is 0 Å². The summed E-state index contributed by atoms with van der Waals surface area (Å²) in [7, 11) is 0. The molecule has 2 heteroatoms. The smallest absolute Gasteiger partial charge is 0.123 e. The van der Waals surface area contributed by atoms with Gasteiger partial charge in [0.25, 0.3) is 0 Å². The van der Waals surface area contributed by atoms with E-state index in [2.05, 4.69) is 0 Å². The molecule has 0 saturated heterocycles. The van der Waals surface area contributed by atoms with Crippen molar-refractivity contribution in [3.63, 3.8) is 0 Å². The highest BCUT2D eigenvalue weighted by Gasteiger charge is 1.91. The molecule has 0 fully saturated rings. The van der Waals surface area contributed by atoms with Gasteiger partial charge in [0.15, 0.2) is 0 Å². The number of benzene rings is 1. The van der Waals surface area contributed by atoms with Gasteiger partial charge in [0.1, 0.15) is 5.82 Å². The molecule has 0 unspecified atom stereocenters. The Labute approximate surface area is 76.7 Å². The fourth-order valence-corrected chi connectivity index (χ4v) is 1.07. The largest absolute Gasteiger partial charge is 0.207 e. The second kappa shape index (κ2) is 4.94. The molecule has 0 atom stereocenters. The van der Waals surface area contributed by atoms with Gasteiger partial charge in [-0.05, 0) is 24.1 Å². The van der Waals surface area contributed by atoms with E-state index in [-0.39, 0.29) is 5.82 Å². The van der Waals surface area contributed by atoms with Crippen molar-refractivity contribution < 1.29 is 4.39 Å². The number of hydrogen-bond acceptors (Lipinski definition) is 0. The number of rotatable bonds is 3. The fraction of sp³-hybridized carbons (Fsp3) is 0.200. The minimum atomic E-state index is -0.188. The molecule has 0 spiro atoms. The van der Waals surface area contributed by atoms with Crippen LogP contribution in [-0.2, 0) is 6.42 Å². The molecular weight excluding hydrogens is 175 g/mol. The van der Waals surface area contributed by atoms with Crippen LogP contribution in [-0.4, -0.2) is 5.88 Å². The van der Waals surface area contributed by atoms with Crippen LogP contribution in [0.5, 0.6) is 0 Å². The van der Waals surface area contributed by atoms with Gasteiger partial charge in [0.05, 0.1) is 0 Å². The van der Waals surface area contributed by atoms with E-state index in [0.717, 1.165) is 12.0 Å². The van der Waals surface area contributed by atoms with Crippen LogP contribution in [0.3, 0.4) is 0 Å². The Balaban J connectivity index is 2.57. The summed E-state index contributed by atoms with van der Waals surface area (Å²) >= 11 is 5.44. The minimum Gasteiger partial charge on any atom is -0.207 e. The second-order valence-corrected chi connectivity index (χ2v) is 2.77. The van der Waals surface area contributed by atoms with Gasteiger partial charge in [0.2, 0.25) is 0 Å². The normalized spacial score (nSPS) is 10.8. The lowest BCUT2D eigenvalue weighted by Crippen LogP contribution is -1.82. The highest BCUT2D eigenvalue weighted by Crippen LogP contribution is 2.04. The molecule has 12 heavy (non-hydrogen) atoms. The van der Waals surface area contributed by atoms with Crippen molar-refractivity contribution in [2.75, 3.05) is 5.88 Å². The Bertz CT molecular complexity index is 268. The molecule has 0 aliphatic heterocycles. The average molecular weight is 185 g/mol. The first kappa shape index (κ1) is 9.27. The Hall–Kier alpha value is -0.820. The first-order valence-electron chi connectivity index (χ1n) is 3.78. The van der Waals surface area contributed by atoms with Gasteiger partial charge >= 0.3 is 0 Å². The van der Waals surface area contributed by atoms with Gasteiger partial charge in [-0.25, -0.2) is 4.39 Å². The van der Waals surface area contributed by atoms with Crippen molar-refractivity contribution in [1.29, 1.82) is 0 Å². The summed E-state index contributed by atoms with van der Waals surface area (Å²) in [6.07, 6.45) is 4.53. The summed E-state index contributed by atoms with van der Waals surface area (Å²) in [6.45, 7) is 0. The summed E-state index contributed by atoms with van der Waals surface area (Å²) in [5.41, 5.74) is 0.969. The van der Waals surface area contributed by atoms with Crippen LogP contribution in [0.1, 0.15) is 5.56 Å². The maximum absolute atomic E-state index is 12.6. The van der Waals surface area contributed by atoms with Crippen molar-refractivity contribution in [1.82, 2.24) is 0 Å². The van der Waals surface area contributed by atoms with E-state index in [1.807, 2.05) is 18.2 Å². The lowest BCUT2D eigenvalue weighted by atomic mass is 10.1. The summed E-state index contributed by atoms with van der Waals surface area (Å²) < 4.78 is 12.6. The highest BCUT2D eigenvalue weighted by atomic mass is 35.5. The number of allylic oxidation sites excluding steroid dienone is 2. The molecular formula is C10H10ClF. The summed E-state index contributed by atoms with van der Waals surface area (Å²) in [5.74, 6) is 0.321. The van der Waals surface area contributed by atoms with Crippen molar-refractivity contribution in [3.8, 4) is 0 Å². The predicted molar refractivity (Wildman–Crippen MR) is 50.0 cm³/mol. The Morgan fingerprint density at radius 1 is 1.33 bits per heavy atom. The van der Waals surface area contributed by atoms with E-state index in [4.69, 9.17) is 11.6 Å². The molecule has 1 aromatic carbocycles. The van der Waals surface area contributed by atoms with Crippen LogP contribution < -0.4 is 0 Å².